The standard InChI is InChI=1S/C30H43N3O2/c1-2-3-4-5-6-7-8-9-10-11-12-13-14-15-16-17-18-21-29(34)32-23-25-33(26-24-32)30(35)28-20-19-22-31-27-28/h3-4,6-7,9-10,12-13,15-16,20,22H,2,5,8,11,14,17-19,21,23-27H2,1H3. The summed E-state index contributed by atoms with van der Waals surface area (Å²) in [7, 11) is 0. The first-order valence-electron chi connectivity index (χ1n) is 13.2. The maximum Gasteiger partial charge on any atom is 0.251 e. The van der Waals surface area contributed by atoms with Crippen LogP contribution < -0.4 is 0 Å². The predicted octanol–water partition coefficient (Wildman–Crippen LogP) is 5.98. The highest BCUT2D eigenvalue weighted by Gasteiger charge is 2.25. The Morgan fingerprint density at radius 3 is 1.89 bits per heavy atom. The van der Waals surface area contributed by atoms with Crippen molar-refractivity contribution in [2.75, 3.05) is 32.7 Å². The van der Waals surface area contributed by atoms with Crippen LogP contribution in [-0.4, -0.2) is 60.6 Å². The average molecular weight is 478 g/mol. The van der Waals surface area contributed by atoms with Crippen molar-refractivity contribution in [2.45, 2.75) is 64.7 Å². The second-order valence-electron chi connectivity index (χ2n) is 8.76. The summed E-state index contributed by atoms with van der Waals surface area (Å²) in [4.78, 5) is 33.0. The maximum atomic E-state index is 12.5. The summed E-state index contributed by atoms with van der Waals surface area (Å²) >= 11 is 0. The normalized spacial score (nSPS) is 17.1. The number of dihydropyridines is 1. The molecule has 1 saturated heterocycles. The van der Waals surface area contributed by atoms with E-state index in [1.54, 1.807) is 0 Å². The minimum atomic E-state index is 0.0762. The molecule has 0 aliphatic carbocycles. The number of hydrogen-bond acceptors (Lipinski definition) is 3. The van der Waals surface area contributed by atoms with E-state index in [0.717, 1.165) is 56.9 Å². The van der Waals surface area contributed by atoms with Gasteiger partial charge in [-0.1, -0.05) is 73.8 Å². The summed E-state index contributed by atoms with van der Waals surface area (Å²) in [6, 6.07) is 0. The number of piperazine rings is 1. The van der Waals surface area contributed by atoms with E-state index in [9.17, 15) is 9.59 Å². The Kier molecular flexibility index (Phi) is 14.9. The molecular weight excluding hydrogens is 434 g/mol. The highest BCUT2D eigenvalue weighted by Crippen LogP contribution is 2.12. The lowest BCUT2D eigenvalue weighted by atomic mass is 10.1. The van der Waals surface area contributed by atoms with Crippen molar-refractivity contribution in [1.82, 2.24) is 9.80 Å². The van der Waals surface area contributed by atoms with Gasteiger partial charge in [0.05, 0.1) is 6.54 Å². The molecule has 0 saturated carbocycles. The van der Waals surface area contributed by atoms with Crippen LogP contribution in [0.3, 0.4) is 0 Å². The molecule has 2 heterocycles. The van der Waals surface area contributed by atoms with Gasteiger partial charge in [0, 0.05) is 50.8 Å². The zero-order chi connectivity index (χ0) is 25.0. The summed E-state index contributed by atoms with van der Waals surface area (Å²) in [5.74, 6) is 0.276. The van der Waals surface area contributed by atoms with Crippen LogP contribution in [0.25, 0.3) is 0 Å². The van der Waals surface area contributed by atoms with E-state index in [0.29, 0.717) is 39.1 Å². The molecular formula is C30H43N3O2. The number of allylic oxidation sites excluding steroid dienone is 11. The van der Waals surface area contributed by atoms with Gasteiger partial charge in [0.25, 0.3) is 5.91 Å². The van der Waals surface area contributed by atoms with Gasteiger partial charge in [-0.2, -0.15) is 0 Å². The van der Waals surface area contributed by atoms with Crippen LogP contribution in [0.1, 0.15) is 64.7 Å². The Morgan fingerprint density at radius 2 is 1.34 bits per heavy atom. The molecule has 0 aromatic heterocycles. The molecule has 2 amide bonds. The summed E-state index contributed by atoms with van der Waals surface area (Å²) in [5, 5.41) is 0. The molecule has 0 N–H and O–H groups in total. The minimum absolute atomic E-state index is 0.0762. The number of aliphatic imine (C=N–C) groups is 1. The molecule has 0 spiro atoms. The van der Waals surface area contributed by atoms with Gasteiger partial charge >= 0.3 is 0 Å². The molecule has 35 heavy (non-hydrogen) atoms. The van der Waals surface area contributed by atoms with Crippen molar-refractivity contribution in [1.29, 1.82) is 0 Å². The molecule has 2 aliphatic rings. The number of amides is 2. The molecule has 0 bridgehead atoms. The molecule has 0 aromatic carbocycles. The molecule has 0 atom stereocenters. The Balaban J connectivity index is 1.48. The molecule has 0 aromatic rings. The zero-order valence-corrected chi connectivity index (χ0v) is 21.5. The van der Waals surface area contributed by atoms with Crippen LogP contribution in [0, 0.1) is 0 Å². The van der Waals surface area contributed by atoms with Crippen molar-refractivity contribution in [3.05, 3.63) is 72.4 Å². The van der Waals surface area contributed by atoms with Crippen LogP contribution in [0.15, 0.2) is 77.4 Å². The third-order valence-corrected chi connectivity index (χ3v) is 5.97. The quantitative estimate of drug-likeness (QED) is 0.228. The van der Waals surface area contributed by atoms with E-state index < -0.39 is 0 Å². The Hall–Kier alpha value is -2.95. The predicted molar refractivity (Wildman–Crippen MR) is 148 cm³/mol. The molecule has 0 unspecified atom stereocenters. The van der Waals surface area contributed by atoms with Crippen molar-refractivity contribution in [3.63, 3.8) is 0 Å². The van der Waals surface area contributed by atoms with Gasteiger partial charge in [0.1, 0.15) is 0 Å². The van der Waals surface area contributed by atoms with E-state index in [4.69, 9.17) is 0 Å². The van der Waals surface area contributed by atoms with E-state index >= 15 is 0 Å². The van der Waals surface area contributed by atoms with Gasteiger partial charge in [-0.3, -0.25) is 14.6 Å². The third-order valence-electron chi connectivity index (χ3n) is 5.97. The minimum Gasteiger partial charge on any atom is -0.339 e. The largest absolute Gasteiger partial charge is 0.339 e. The first kappa shape index (κ1) is 28.3. The number of rotatable bonds is 14. The lowest BCUT2D eigenvalue weighted by molar-refractivity contribution is -0.137. The van der Waals surface area contributed by atoms with Gasteiger partial charge in [0.15, 0.2) is 0 Å². The van der Waals surface area contributed by atoms with Crippen LogP contribution in [0.5, 0.6) is 0 Å². The number of carbonyl (C=O) groups excluding carboxylic acids is 2. The number of carbonyl (C=O) groups is 2. The van der Waals surface area contributed by atoms with Crippen molar-refractivity contribution >= 4 is 18.0 Å². The SMILES string of the molecule is CCC=CCC=CCC=CCC=CCC=CCCCC(=O)N1CCN(C(=O)C2=CCC=NC2)CC1. The summed E-state index contributed by atoms with van der Waals surface area (Å²) in [6.45, 7) is 5.11. The highest BCUT2D eigenvalue weighted by atomic mass is 16.2. The fourth-order valence-electron chi connectivity index (χ4n) is 3.91. The fraction of sp³-hybridized carbons (Fsp3) is 0.500. The first-order chi connectivity index (χ1) is 17.2. The van der Waals surface area contributed by atoms with E-state index in [1.807, 2.05) is 22.1 Å². The molecule has 2 rings (SSSR count). The van der Waals surface area contributed by atoms with Gasteiger partial charge in [-0.05, 0) is 44.9 Å². The highest BCUT2D eigenvalue weighted by molar-refractivity contribution is 5.95. The van der Waals surface area contributed by atoms with Crippen molar-refractivity contribution < 1.29 is 9.59 Å². The van der Waals surface area contributed by atoms with Crippen molar-refractivity contribution in [2.24, 2.45) is 4.99 Å². The molecule has 2 aliphatic heterocycles. The topological polar surface area (TPSA) is 53.0 Å². The van der Waals surface area contributed by atoms with Crippen LogP contribution in [0.4, 0.5) is 0 Å². The lowest BCUT2D eigenvalue weighted by Gasteiger charge is -2.35. The second-order valence-corrected chi connectivity index (χ2v) is 8.76. The zero-order valence-electron chi connectivity index (χ0n) is 21.5. The Morgan fingerprint density at radius 1 is 0.800 bits per heavy atom. The maximum absolute atomic E-state index is 12.5. The summed E-state index contributed by atoms with van der Waals surface area (Å²) < 4.78 is 0. The molecule has 5 nitrogen and oxygen atoms in total. The number of unbranched alkanes of at least 4 members (excludes halogenated alkanes) is 1. The van der Waals surface area contributed by atoms with E-state index in [1.165, 1.54) is 0 Å². The molecule has 0 radical (unpaired) electrons. The fourth-order valence-corrected chi connectivity index (χ4v) is 3.91. The summed E-state index contributed by atoms with van der Waals surface area (Å²) in [5.41, 5.74) is 0.782. The third kappa shape index (κ3) is 12.4. The molecule has 1 fully saturated rings. The monoisotopic (exact) mass is 477 g/mol. The Labute approximate surface area is 212 Å². The average Bonchev–Trinajstić information content (AvgIpc) is 2.90. The van der Waals surface area contributed by atoms with E-state index in [-0.39, 0.29) is 11.8 Å². The van der Waals surface area contributed by atoms with Gasteiger partial charge < -0.3 is 9.80 Å². The lowest BCUT2D eigenvalue weighted by Crippen LogP contribution is -2.51. The van der Waals surface area contributed by atoms with Gasteiger partial charge in [-0.25, -0.2) is 0 Å². The molecule has 190 valence electrons. The molecule has 5 heteroatoms. The van der Waals surface area contributed by atoms with Crippen LogP contribution in [0.2, 0.25) is 0 Å². The second kappa shape index (κ2) is 18.4. The number of nitrogens with zero attached hydrogens (tertiary/aromatic N) is 3. The Bertz CT molecular complexity index is 838. The first-order valence-corrected chi connectivity index (χ1v) is 13.2. The number of hydrogen-bond donors (Lipinski definition) is 0. The smallest absolute Gasteiger partial charge is 0.251 e. The van der Waals surface area contributed by atoms with Gasteiger partial charge in [0.2, 0.25) is 5.91 Å². The van der Waals surface area contributed by atoms with Crippen LogP contribution >= 0.6 is 0 Å². The summed E-state index contributed by atoms with van der Waals surface area (Å²) in [6.07, 6.45) is 33.9. The van der Waals surface area contributed by atoms with Crippen LogP contribution in [-0.2, 0) is 9.59 Å². The van der Waals surface area contributed by atoms with Crippen molar-refractivity contribution in [3.8, 4) is 0 Å². The van der Waals surface area contributed by atoms with E-state index in [2.05, 4.69) is 72.7 Å². The van der Waals surface area contributed by atoms with Gasteiger partial charge in [-0.15, -0.1) is 0 Å².